The van der Waals surface area contributed by atoms with Crippen molar-refractivity contribution >= 4 is 22.8 Å². The van der Waals surface area contributed by atoms with E-state index in [1.807, 2.05) is 43.3 Å². The highest BCUT2D eigenvalue weighted by Gasteiger charge is 2.17. The number of rotatable bonds is 4. The number of aliphatic hydroxyl groups excluding tert-OH is 1. The molecule has 0 bridgehead atoms. The molecule has 1 saturated heterocycles. The van der Waals surface area contributed by atoms with Gasteiger partial charge in [-0.2, -0.15) is 0 Å². The summed E-state index contributed by atoms with van der Waals surface area (Å²) in [5, 5.41) is 13.0. The lowest BCUT2D eigenvalue weighted by Gasteiger charge is -2.34. The quantitative estimate of drug-likeness (QED) is 0.722. The number of aliphatic hydroxyl groups is 1. The molecule has 4 rings (SSSR count). The standard InChI is InChI=1S/C21H25N5O2/c1-15-4-3-5-16(12-15)22-20-18(14-27)21(28)26-7-6-17(13-19(26)23-20)25-10-8-24(2)9-11-25/h3-7,12-13,22,27H,8-11,14H2,1-2H3. The number of fused-ring (bicyclic) bond motifs is 1. The molecule has 1 fully saturated rings. The number of aromatic nitrogens is 2. The van der Waals surface area contributed by atoms with Gasteiger partial charge in [-0.15, -0.1) is 0 Å². The van der Waals surface area contributed by atoms with E-state index in [4.69, 9.17) is 0 Å². The molecule has 28 heavy (non-hydrogen) atoms. The Labute approximate surface area is 163 Å². The number of aryl methyl sites for hydroxylation is 1. The zero-order valence-electron chi connectivity index (χ0n) is 16.2. The highest BCUT2D eigenvalue weighted by atomic mass is 16.3. The zero-order valence-corrected chi connectivity index (χ0v) is 16.2. The molecular weight excluding hydrogens is 354 g/mol. The van der Waals surface area contributed by atoms with Crippen LogP contribution in [-0.4, -0.2) is 52.6 Å². The maximum atomic E-state index is 12.9. The summed E-state index contributed by atoms with van der Waals surface area (Å²) < 4.78 is 1.49. The molecule has 0 unspecified atom stereocenters. The third-order valence-corrected chi connectivity index (χ3v) is 5.21. The van der Waals surface area contributed by atoms with Crippen molar-refractivity contribution in [3.8, 4) is 0 Å². The summed E-state index contributed by atoms with van der Waals surface area (Å²) >= 11 is 0. The first kappa shape index (κ1) is 18.5. The maximum Gasteiger partial charge on any atom is 0.265 e. The van der Waals surface area contributed by atoms with Gasteiger partial charge < -0.3 is 20.2 Å². The fourth-order valence-electron chi connectivity index (χ4n) is 3.53. The molecule has 7 heteroatoms. The van der Waals surface area contributed by atoms with Gasteiger partial charge in [-0.05, 0) is 37.7 Å². The normalized spacial score (nSPS) is 15.2. The van der Waals surface area contributed by atoms with Gasteiger partial charge in [-0.3, -0.25) is 9.20 Å². The first-order valence-electron chi connectivity index (χ1n) is 9.48. The SMILES string of the molecule is Cc1cccc(Nc2nc3cc(N4CCN(C)CC4)ccn3c(=O)c2CO)c1. The van der Waals surface area contributed by atoms with Gasteiger partial charge in [0, 0.05) is 49.8 Å². The highest BCUT2D eigenvalue weighted by Crippen LogP contribution is 2.22. The Hall–Kier alpha value is -2.90. The molecule has 0 radical (unpaired) electrons. The molecule has 2 N–H and O–H groups in total. The summed E-state index contributed by atoms with van der Waals surface area (Å²) in [6.07, 6.45) is 1.74. The largest absolute Gasteiger partial charge is 0.391 e. The van der Waals surface area contributed by atoms with Gasteiger partial charge in [0.15, 0.2) is 0 Å². The number of pyridine rings is 1. The van der Waals surface area contributed by atoms with Crippen molar-refractivity contribution in [2.45, 2.75) is 13.5 Å². The van der Waals surface area contributed by atoms with Gasteiger partial charge >= 0.3 is 0 Å². The minimum atomic E-state index is -0.372. The van der Waals surface area contributed by atoms with Crippen LogP contribution < -0.4 is 15.8 Å². The molecule has 0 saturated carbocycles. The lowest BCUT2D eigenvalue weighted by Crippen LogP contribution is -2.44. The van der Waals surface area contributed by atoms with Gasteiger partial charge in [-0.1, -0.05) is 12.1 Å². The van der Waals surface area contributed by atoms with E-state index >= 15 is 0 Å². The van der Waals surface area contributed by atoms with E-state index < -0.39 is 0 Å². The summed E-state index contributed by atoms with van der Waals surface area (Å²) in [5.41, 5.74) is 3.55. The summed E-state index contributed by atoms with van der Waals surface area (Å²) in [4.78, 5) is 22.1. The highest BCUT2D eigenvalue weighted by molar-refractivity contribution is 5.64. The molecule has 1 aromatic carbocycles. The Morgan fingerprint density at radius 3 is 2.64 bits per heavy atom. The van der Waals surface area contributed by atoms with E-state index in [2.05, 4.69) is 27.1 Å². The first-order valence-corrected chi connectivity index (χ1v) is 9.48. The molecule has 0 amide bonds. The molecule has 1 aliphatic heterocycles. The summed E-state index contributed by atoms with van der Waals surface area (Å²) in [6, 6.07) is 11.7. The van der Waals surface area contributed by atoms with Crippen molar-refractivity contribution < 1.29 is 5.11 Å². The van der Waals surface area contributed by atoms with E-state index in [0.717, 1.165) is 43.1 Å². The van der Waals surface area contributed by atoms with Gasteiger partial charge in [-0.25, -0.2) is 4.98 Å². The number of nitrogens with zero attached hydrogens (tertiary/aromatic N) is 4. The molecule has 3 heterocycles. The second-order valence-electron chi connectivity index (χ2n) is 7.30. The van der Waals surface area contributed by atoms with Gasteiger partial charge in [0.25, 0.3) is 5.56 Å². The lowest BCUT2D eigenvalue weighted by molar-refractivity contribution is 0.280. The summed E-state index contributed by atoms with van der Waals surface area (Å²) in [7, 11) is 2.12. The number of nitrogens with one attached hydrogen (secondary N) is 1. The van der Waals surface area contributed by atoms with E-state index in [-0.39, 0.29) is 17.7 Å². The van der Waals surface area contributed by atoms with Gasteiger partial charge in [0.2, 0.25) is 0 Å². The number of anilines is 3. The Kier molecular flexibility index (Phi) is 5.02. The Morgan fingerprint density at radius 1 is 1.14 bits per heavy atom. The number of piperazine rings is 1. The number of hydrogen-bond donors (Lipinski definition) is 2. The Morgan fingerprint density at radius 2 is 1.93 bits per heavy atom. The molecule has 0 aliphatic carbocycles. The van der Waals surface area contributed by atoms with Crippen LogP contribution in [-0.2, 0) is 6.61 Å². The molecule has 0 spiro atoms. The van der Waals surface area contributed by atoms with Crippen LogP contribution in [0.2, 0.25) is 0 Å². The number of likely N-dealkylation sites (N-methyl/N-ethyl adjacent to an activating group) is 1. The minimum Gasteiger partial charge on any atom is -0.391 e. The number of benzene rings is 1. The van der Waals surface area contributed by atoms with Crippen LogP contribution in [0.25, 0.3) is 5.65 Å². The second kappa shape index (κ2) is 7.61. The average Bonchev–Trinajstić information content (AvgIpc) is 2.68. The van der Waals surface area contributed by atoms with Crippen LogP contribution in [0.5, 0.6) is 0 Å². The molecule has 7 nitrogen and oxygen atoms in total. The predicted molar refractivity (Wildman–Crippen MR) is 112 cm³/mol. The van der Waals surface area contributed by atoms with Crippen molar-refractivity contribution in [1.82, 2.24) is 14.3 Å². The van der Waals surface area contributed by atoms with Crippen molar-refractivity contribution in [3.63, 3.8) is 0 Å². The first-order chi connectivity index (χ1) is 13.5. The van der Waals surface area contributed by atoms with Crippen LogP contribution >= 0.6 is 0 Å². The van der Waals surface area contributed by atoms with Crippen LogP contribution in [0.3, 0.4) is 0 Å². The van der Waals surface area contributed by atoms with Crippen LogP contribution in [0.15, 0.2) is 47.4 Å². The van der Waals surface area contributed by atoms with E-state index in [1.165, 1.54) is 4.40 Å². The molecule has 0 atom stereocenters. The molecule has 2 aromatic heterocycles. The van der Waals surface area contributed by atoms with Gasteiger partial charge in [0.05, 0.1) is 12.2 Å². The van der Waals surface area contributed by atoms with E-state index in [0.29, 0.717) is 11.5 Å². The number of hydrogen-bond acceptors (Lipinski definition) is 6. The second-order valence-corrected chi connectivity index (χ2v) is 7.30. The Balaban J connectivity index is 1.75. The minimum absolute atomic E-state index is 0.256. The summed E-state index contributed by atoms with van der Waals surface area (Å²) in [6.45, 7) is 5.54. The molecule has 146 valence electrons. The van der Waals surface area contributed by atoms with Crippen molar-refractivity contribution in [2.75, 3.05) is 43.4 Å². The zero-order chi connectivity index (χ0) is 19.7. The molecular formula is C21H25N5O2. The monoisotopic (exact) mass is 379 g/mol. The fraction of sp³-hybridized carbons (Fsp3) is 0.333. The van der Waals surface area contributed by atoms with Crippen molar-refractivity contribution in [2.24, 2.45) is 0 Å². The molecule has 1 aliphatic rings. The van der Waals surface area contributed by atoms with Crippen LogP contribution in [0.1, 0.15) is 11.1 Å². The van der Waals surface area contributed by atoms with E-state index in [1.54, 1.807) is 6.20 Å². The summed E-state index contributed by atoms with van der Waals surface area (Å²) in [5.74, 6) is 0.397. The topological polar surface area (TPSA) is 73.1 Å². The third kappa shape index (κ3) is 3.58. The van der Waals surface area contributed by atoms with Crippen LogP contribution in [0.4, 0.5) is 17.2 Å². The predicted octanol–water partition coefficient (Wildman–Crippen LogP) is 1.99. The molecule has 3 aromatic rings. The van der Waals surface area contributed by atoms with E-state index in [9.17, 15) is 9.90 Å². The van der Waals surface area contributed by atoms with Crippen molar-refractivity contribution in [3.05, 3.63) is 64.1 Å². The smallest absolute Gasteiger partial charge is 0.265 e. The van der Waals surface area contributed by atoms with Gasteiger partial charge in [0.1, 0.15) is 11.5 Å². The van der Waals surface area contributed by atoms with Crippen LogP contribution in [0, 0.1) is 6.92 Å². The average molecular weight is 379 g/mol. The third-order valence-electron chi connectivity index (χ3n) is 5.21. The Bertz CT molecular complexity index is 1050. The lowest BCUT2D eigenvalue weighted by atomic mass is 10.2. The van der Waals surface area contributed by atoms with Crippen molar-refractivity contribution in [1.29, 1.82) is 0 Å². The fourth-order valence-corrected chi connectivity index (χ4v) is 3.53. The maximum absolute atomic E-state index is 12.9.